The second-order valence-corrected chi connectivity index (χ2v) is 6.80. The third kappa shape index (κ3) is 4.06. The predicted octanol–water partition coefficient (Wildman–Crippen LogP) is 2.59. The Balaban J connectivity index is 1.88. The van der Waals surface area contributed by atoms with Crippen LogP contribution in [0.4, 0.5) is 4.39 Å². The molecule has 2 rings (SSSR count). The molecule has 0 spiro atoms. The first kappa shape index (κ1) is 16.5. The molecule has 1 aromatic rings. The van der Waals surface area contributed by atoms with Gasteiger partial charge in [-0.3, -0.25) is 9.59 Å². The number of hydrogen-bond acceptors (Lipinski definition) is 2. The van der Waals surface area contributed by atoms with Gasteiger partial charge in [0.25, 0.3) is 5.91 Å². The minimum Gasteiger partial charge on any atom is -0.353 e. The van der Waals surface area contributed by atoms with Crippen molar-refractivity contribution in [1.82, 2.24) is 10.2 Å². The summed E-state index contributed by atoms with van der Waals surface area (Å²) < 4.78 is 12.9. The van der Waals surface area contributed by atoms with Gasteiger partial charge < -0.3 is 10.2 Å². The molecule has 1 fully saturated rings. The Morgan fingerprint density at radius 1 is 1.14 bits per heavy atom. The zero-order valence-electron chi connectivity index (χ0n) is 13.4. The number of piperidine rings is 1. The fraction of sp³-hybridized carbons (Fsp3) is 0.529. The van der Waals surface area contributed by atoms with Gasteiger partial charge in [-0.15, -0.1) is 0 Å². The largest absolute Gasteiger partial charge is 0.353 e. The van der Waals surface area contributed by atoms with Crippen molar-refractivity contribution in [2.75, 3.05) is 13.1 Å². The number of hydrogen-bond donors (Lipinski definition) is 1. The van der Waals surface area contributed by atoms with Crippen LogP contribution in [0.2, 0.25) is 0 Å². The standard InChI is InChI=1S/C17H23FN2O2/c1-17(2,3)16(22)19-14-8-10-20(11-9-14)15(21)12-4-6-13(18)7-5-12/h4-7,14H,8-11H2,1-3H3,(H,19,22). The Bertz CT molecular complexity index is 541. The first-order chi connectivity index (χ1) is 10.3. The summed E-state index contributed by atoms with van der Waals surface area (Å²) >= 11 is 0. The summed E-state index contributed by atoms with van der Waals surface area (Å²) in [5.74, 6) is -0.392. The third-order valence-corrected chi connectivity index (χ3v) is 3.89. The molecule has 120 valence electrons. The van der Waals surface area contributed by atoms with E-state index >= 15 is 0 Å². The molecular weight excluding hydrogens is 283 g/mol. The van der Waals surface area contributed by atoms with Crippen LogP contribution in [0.5, 0.6) is 0 Å². The van der Waals surface area contributed by atoms with E-state index in [0.29, 0.717) is 18.7 Å². The van der Waals surface area contributed by atoms with Crippen molar-refractivity contribution < 1.29 is 14.0 Å². The number of benzene rings is 1. The topological polar surface area (TPSA) is 49.4 Å². The van der Waals surface area contributed by atoms with E-state index in [-0.39, 0.29) is 23.7 Å². The molecule has 1 saturated heterocycles. The number of likely N-dealkylation sites (tertiary alicyclic amines) is 1. The van der Waals surface area contributed by atoms with Crippen LogP contribution in [-0.2, 0) is 4.79 Å². The fourth-order valence-corrected chi connectivity index (χ4v) is 2.40. The Morgan fingerprint density at radius 2 is 1.68 bits per heavy atom. The second-order valence-electron chi connectivity index (χ2n) is 6.80. The highest BCUT2D eigenvalue weighted by molar-refractivity contribution is 5.94. The molecule has 22 heavy (non-hydrogen) atoms. The molecule has 0 aliphatic carbocycles. The van der Waals surface area contributed by atoms with Crippen LogP contribution in [-0.4, -0.2) is 35.8 Å². The maximum Gasteiger partial charge on any atom is 0.253 e. The van der Waals surface area contributed by atoms with Gasteiger partial charge in [0.05, 0.1) is 0 Å². The van der Waals surface area contributed by atoms with Gasteiger partial charge in [0.15, 0.2) is 0 Å². The molecule has 0 radical (unpaired) electrons. The van der Waals surface area contributed by atoms with Crippen LogP contribution < -0.4 is 5.32 Å². The summed E-state index contributed by atoms with van der Waals surface area (Å²) in [7, 11) is 0. The first-order valence-corrected chi connectivity index (χ1v) is 7.63. The monoisotopic (exact) mass is 306 g/mol. The third-order valence-electron chi connectivity index (χ3n) is 3.89. The summed E-state index contributed by atoms with van der Waals surface area (Å²) in [6, 6.07) is 5.72. The molecule has 1 aromatic carbocycles. The van der Waals surface area contributed by atoms with E-state index in [0.717, 1.165) is 12.8 Å². The summed E-state index contributed by atoms with van der Waals surface area (Å²) in [5.41, 5.74) is 0.0970. The van der Waals surface area contributed by atoms with E-state index in [4.69, 9.17) is 0 Å². The molecule has 1 aliphatic rings. The molecule has 0 aromatic heterocycles. The quantitative estimate of drug-likeness (QED) is 0.913. The number of carbonyl (C=O) groups is 2. The number of halogens is 1. The number of nitrogens with zero attached hydrogens (tertiary/aromatic N) is 1. The number of carbonyl (C=O) groups excluding carboxylic acids is 2. The first-order valence-electron chi connectivity index (χ1n) is 7.63. The lowest BCUT2D eigenvalue weighted by Crippen LogP contribution is -2.49. The van der Waals surface area contributed by atoms with E-state index in [2.05, 4.69) is 5.32 Å². The van der Waals surface area contributed by atoms with E-state index in [1.54, 1.807) is 4.90 Å². The molecule has 0 bridgehead atoms. The number of amides is 2. The van der Waals surface area contributed by atoms with Crippen molar-refractivity contribution in [2.24, 2.45) is 5.41 Å². The Labute approximate surface area is 130 Å². The van der Waals surface area contributed by atoms with Crippen LogP contribution >= 0.6 is 0 Å². The van der Waals surface area contributed by atoms with Crippen molar-refractivity contribution in [3.05, 3.63) is 35.6 Å². The molecular formula is C17H23FN2O2. The van der Waals surface area contributed by atoms with Gasteiger partial charge in [0.1, 0.15) is 5.82 Å². The second kappa shape index (κ2) is 6.46. The molecule has 1 aliphatic heterocycles. The molecule has 0 saturated carbocycles. The van der Waals surface area contributed by atoms with Gasteiger partial charge in [-0.1, -0.05) is 20.8 Å². The molecule has 0 atom stereocenters. The van der Waals surface area contributed by atoms with Crippen molar-refractivity contribution in [3.8, 4) is 0 Å². The highest BCUT2D eigenvalue weighted by atomic mass is 19.1. The predicted molar refractivity (Wildman–Crippen MR) is 82.9 cm³/mol. The maximum absolute atomic E-state index is 12.9. The van der Waals surface area contributed by atoms with Crippen molar-refractivity contribution in [2.45, 2.75) is 39.7 Å². The molecule has 2 amide bonds. The van der Waals surface area contributed by atoms with Crippen molar-refractivity contribution >= 4 is 11.8 Å². The minimum atomic E-state index is -0.402. The zero-order chi connectivity index (χ0) is 16.3. The smallest absolute Gasteiger partial charge is 0.253 e. The van der Waals surface area contributed by atoms with Crippen LogP contribution in [0.1, 0.15) is 44.0 Å². The van der Waals surface area contributed by atoms with Gasteiger partial charge in [0, 0.05) is 30.1 Å². The normalized spacial score (nSPS) is 16.5. The lowest BCUT2D eigenvalue weighted by atomic mass is 9.94. The lowest BCUT2D eigenvalue weighted by molar-refractivity contribution is -0.129. The minimum absolute atomic E-state index is 0.0378. The summed E-state index contributed by atoms with van der Waals surface area (Å²) in [5, 5.41) is 3.04. The van der Waals surface area contributed by atoms with Crippen molar-refractivity contribution in [3.63, 3.8) is 0 Å². The molecule has 1 heterocycles. The molecule has 0 unspecified atom stereocenters. The Morgan fingerprint density at radius 3 is 2.18 bits per heavy atom. The Hall–Kier alpha value is -1.91. The lowest BCUT2D eigenvalue weighted by Gasteiger charge is -2.33. The SMILES string of the molecule is CC(C)(C)C(=O)NC1CCN(C(=O)c2ccc(F)cc2)CC1. The molecule has 5 heteroatoms. The summed E-state index contributed by atoms with van der Waals surface area (Å²) in [6.07, 6.45) is 1.49. The fourth-order valence-electron chi connectivity index (χ4n) is 2.40. The average molecular weight is 306 g/mol. The van der Waals surface area contributed by atoms with Crippen LogP contribution in [0.25, 0.3) is 0 Å². The number of nitrogens with one attached hydrogen (secondary N) is 1. The van der Waals surface area contributed by atoms with E-state index < -0.39 is 5.41 Å². The zero-order valence-corrected chi connectivity index (χ0v) is 13.4. The van der Waals surface area contributed by atoms with E-state index in [9.17, 15) is 14.0 Å². The van der Waals surface area contributed by atoms with Gasteiger partial charge in [-0.2, -0.15) is 0 Å². The van der Waals surface area contributed by atoms with Crippen molar-refractivity contribution in [1.29, 1.82) is 0 Å². The summed E-state index contributed by atoms with van der Waals surface area (Å²) in [4.78, 5) is 26.0. The summed E-state index contributed by atoms with van der Waals surface area (Å²) in [6.45, 7) is 6.86. The highest BCUT2D eigenvalue weighted by Gasteiger charge is 2.28. The van der Waals surface area contributed by atoms with E-state index in [1.807, 2.05) is 20.8 Å². The average Bonchev–Trinajstić information content (AvgIpc) is 2.47. The van der Waals surface area contributed by atoms with Gasteiger partial charge in [0.2, 0.25) is 5.91 Å². The van der Waals surface area contributed by atoms with Gasteiger partial charge in [-0.25, -0.2) is 4.39 Å². The van der Waals surface area contributed by atoms with Crippen LogP contribution in [0, 0.1) is 11.2 Å². The highest BCUT2D eigenvalue weighted by Crippen LogP contribution is 2.18. The number of rotatable bonds is 2. The molecule has 4 nitrogen and oxygen atoms in total. The molecule has 1 N–H and O–H groups in total. The van der Waals surface area contributed by atoms with E-state index in [1.165, 1.54) is 24.3 Å². The van der Waals surface area contributed by atoms with Crippen LogP contribution in [0.15, 0.2) is 24.3 Å². The maximum atomic E-state index is 12.9. The van der Waals surface area contributed by atoms with Gasteiger partial charge in [-0.05, 0) is 37.1 Å². The Kier molecular flexibility index (Phi) is 4.84. The van der Waals surface area contributed by atoms with Crippen LogP contribution in [0.3, 0.4) is 0 Å². The van der Waals surface area contributed by atoms with Gasteiger partial charge >= 0.3 is 0 Å².